The molecule has 0 saturated heterocycles. The lowest BCUT2D eigenvalue weighted by atomic mass is 9.97. The van der Waals surface area contributed by atoms with Crippen LogP contribution in [-0.2, 0) is 11.3 Å². The molecule has 96 valence electrons. The maximum atomic E-state index is 11.4. The number of hydrogen-bond acceptors (Lipinski definition) is 4. The van der Waals surface area contributed by atoms with Crippen molar-refractivity contribution in [2.75, 3.05) is 6.54 Å². The Kier molecular flexibility index (Phi) is 4.22. The van der Waals surface area contributed by atoms with E-state index >= 15 is 0 Å². The first-order valence-electron chi connectivity index (χ1n) is 5.82. The van der Waals surface area contributed by atoms with Gasteiger partial charge >= 0.3 is 0 Å². The summed E-state index contributed by atoms with van der Waals surface area (Å²) >= 11 is 0. The SMILES string of the molecule is CCNC(C)(CCn1nc(C)nc1C)C(N)=O. The third kappa shape index (κ3) is 3.26. The molecule has 1 rings (SSSR count). The number of hydrogen-bond donors (Lipinski definition) is 2. The second-order valence-corrected chi connectivity index (χ2v) is 4.41. The van der Waals surface area contributed by atoms with Crippen LogP contribution in [0.1, 0.15) is 31.9 Å². The maximum Gasteiger partial charge on any atom is 0.237 e. The minimum absolute atomic E-state index is 0.339. The Morgan fingerprint density at radius 1 is 1.53 bits per heavy atom. The summed E-state index contributed by atoms with van der Waals surface area (Å²) in [4.78, 5) is 15.7. The van der Waals surface area contributed by atoms with Crippen LogP contribution in [0.15, 0.2) is 0 Å². The summed E-state index contributed by atoms with van der Waals surface area (Å²) in [6.07, 6.45) is 0.597. The lowest BCUT2D eigenvalue weighted by Gasteiger charge is -2.26. The number of nitrogens with zero attached hydrogens (tertiary/aromatic N) is 3. The van der Waals surface area contributed by atoms with Gasteiger partial charge in [-0.15, -0.1) is 0 Å². The molecule has 0 aliphatic carbocycles. The van der Waals surface area contributed by atoms with Gasteiger partial charge in [-0.3, -0.25) is 9.48 Å². The van der Waals surface area contributed by atoms with E-state index in [9.17, 15) is 4.79 Å². The number of nitrogens with one attached hydrogen (secondary N) is 1. The molecule has 0 fully saturated rings. The van der Waals surface area contributed by atoms with Crippen LogP contribution >= 0.6 is 0 Å². The Hall–Kier alpha value is -1.43. The highest BCUT2D eigenvalue weighted by atomic mass is 16.1. The lowest BCUT2D eigenvalue weighted by Crippen LogP contribution is -2.53. The van der Waals surface area contributed by atoms with E-state index in [1.54, 1.807) is 4.68 Å². The van der Waals surface area contributed by atoms with Gasteiger partial charge in [-0.2, -0.15) is 5.10 Å². The molecular weight excluding hydrogens is 218 g/mol. The summed E-state index contributed by atoms with van der Waals surface area (Å²) in [5, 5.41) is 7.38. The van der Waals surface area contributed by atoms with Crippen molar-refractivity contribution in [3.05, 3.63) is 11.6 Å². The molecule has 1 atom stereocenters. The Labute approximate surface area is 102 Å². The van der Waals surface area contributed by atoms with Crippen LogP contribution in [0.3, 0.4) is 0 Å². The molecule has 0 aliphatic heterocycles. The topological polar surface area (TPSA) is 85.8 Å². The number of nitrogens with two attached hydrogens (primary N) is 1. The lowest BCUT2D eigenvalue weighted by molar-refractivity contribution is -0.124. The van der Waals surface area contributed by atoms with E-state index in [0.29, 0.717) is 19.5 Å². The van der Waals surface area contributed by atoms with Gasteiger partial charge < -0.3 is 11.1 Å². The second-order valence-electron chi connectivity index (χ2n) is 4.41. The van der Waals surface area contributed by atoms with Crippen molar-refractivity contribution in [1.82, 2.24) is 20.1 Å². The largest absolute Gasteiger partial charge is 0.368 e. The van der Waals surface area contributed by atoms with Gasteiger partial charge in [0.25, 0.3) is 0 Å². The molecule has 1 amide bonds. The van der Waals surface area contributed by atoms with E-state index < -0.39 is 5.54 Å². The van der Waals surface area contributed by atoms with Gasteiger partial charge in [-0.25, -0.2) is 4.98 Å². The van der Waals surface area contributed by atoms with Crippen molar-refractivity contribution in [3.8, 4) is 0 Å². The molecule has 0 aliphatic rings. The van der Waals surface area contributed by atoms with Gasteiger partial charge in [0.1, 0.15) is 11.6 Å². The quantitative estimate of drug-likeness (QED) is 0.739. The van der Waals surface area contributed by atoms with Crippen LogP contribution in [-0.4, -0.2) is 32.8 Å². The van der Waals surface area contributed by atoms with Crippen molar-refractivity contribution in [3.63, 3.8) is 0 Å². The Morgan fingerprint density at radius 2 is 2.18 bits per heavy atom. The fourth-order valence-electron chi connectivity index (χ4n) is 1.79. The van der Waals surface area contributed by atoms with Crippen molar-refractivity contribution in [1.29, 1.82) is 0 Å². The maximum absolute atomic E-state index is 11.4. The summed E-state index contributed by atoms with van der Waals surface area (Å²) in [6, 6.07) is 0. The first-order valence-corrected chi connectivity index (χ1v) is 5.82. The van der Waals surface area contributed by atoms with Gasteiger partial charge in [0.05, 0.1) is 5.54 Å². The number of likely N-dealkylation sites (N-methyl/N-ethyl adjacent to an activating group) is 1. The molecule has 1 unspecified atom stereocenters. The van der Waals surface area contributed by atoms with Gasteiger partial charge in [-0.05, 0) is 33.7 Å². The van der Waals surface area contributed by atoms with Crippen LogP contribution in [0, 0.1) is 13.8 Å². The zero-order valence-corrected chi connectivity index (χ0v) is 10.9. The first kappa shape index (κ1) is 13.6. The number of primary amides is 1. The fourth-order valence-corrected chi connectivity index (χ4v) is 1.79. The van der Waals surface area contributed by atoms with Crippen molar-refractivity contribution in [2.24, 2.45) is 5.73 Å². The minimum atomic E-state index is -0.693. The zero-order valence-electron chi connectivity index (χ0n) is 10.9. The molecule has 0 saturated carbocycles. The summed E-state index contributed by atoms with van der Waals surface area (Å²) in [7, 11) is 0. The van der Waals surface area contributed by atoms with E-state index in [2.05, 4.69) is 15.4 Å². The van der Waals surface area contributed by atoms with Crippen molar-refractivity contribution >= 4 is 5.91 Å². The number of amides is 1. The molecule has 0 aromatic carbocycles. The summed E-state index contributed by atoms with van der Waals surface area (Å²) in [6.45, 7) is 8.84. The molecule has 6 nitrogen and oxygen atoms in total. The molecule has 3 N–H and O–H groups in total. The Bertz CT molecular complexity index is 401. The van der Waals surface area contributed by atoms with E-state index in [-0.39, 0.29) is 5.91 Å². The van der Waals surface area contributed by atoms with E-state index in [0.717, 1.165) is 11.6 Å². The molecule has 0 radical (unpaired) electrons. The standard InChI is InChI=1S/C11H21N5O/c1-5-13-11(4,10(12)17)6-7-16-9(3)14-8(2)15-16/h13H,5-7H2,1-4H3,(H2,12,17). The highest BCUT2D eigenvalue weighted by molar-refractivity contribution is 5.84. The number of carbonyl (C=O) groups excluding carboxylic acids is 1. The van der Waals surface area contributed by atoms with Crippen LogP contribution in [0.2, 0.25) is 0 Å². The number of carbonyl (C=O) groups is 1. The molecule has 0 bridgehead atoms. The minimum Gasteiger partial charge on any atom is -0.368 e. The van der Waals surface area contributed by atoms with Gasteiger partial charge in [0.2, 0.25) is 5.91 Å². The summed E-state index contributed by atoms with van der Waals surface area (Å²) < 4.78 is 1.80. The average molecular weight is 239 g/mol. The van der Waals surface area contributed by atoms with E-state index in [1.807, 2.05) is 27.7 Å². The van der Waals surface area contributed by atoms with Gasteiger partial charge in [0.15, 0.2) is 0 Å². The predicted octanol–water partition coefficient (Wildman–Crippen LogP) is 0.139. The first-order chi connectivity index (χ1) is 7.89. The predicted molar refractivity (Wildman–Crippen MR) is 65.4 cm³/mol. The van der Waals surface area contributed by atoms with Crippen LogP contribution in [0.25, 0.3) is 0 Å². The van der Waals surface area contributed by atoms with Gasteiger partial charge in [0, 0.05) is 6.54 Å². The van der Waals surface area contributed by atoms with Crippen LogP contribution < -0.4 is 11.1 Å². The molecule has 6 heteroatoms. The third-order valence-electron chi connectivity index (χ3n) is 2.90. The number of aryl methyl sites for hydroxylation is 3. The highest BCUT2D eigenvalue weighted by Crippen LogP contribution is 2.11. The molecule has 0 spiro atoms. The monoisotopic (exact) mass is 239 g/mol. The molecule has 1 heterocycles. The Morgan fingerprint density at radius 3 is 2.59 bits per heavy atom. The fraction of sp³-hybridized carbons (Fsp3) is 0.727. The highest BCUT2D eigenvalue weighted by Gasteiger charge is 2.29. The molecule has 1 aromatic rings. The third-order valence-corrected chi connectivity index (χ3v) is 2.90. The number of rotatable bonds is 6. The van der Waals surface area contributed by atoms with Gasteiger partial charge in [-0.1, -0.05) is 6.92 Å². The van der Waals surface area contributed by atoms with E-state index in [1.165, 1.54) is 0 Å². The zero-order chi connectivity index (χ0) is 13.1. The summed E-state index contributed by atoms with van der Waals surface area (Å²) in [5.41, 5.74) is 4.72. The molecule has 1 aromatic heterocycles. The average Bonchev–Trinajstić information content (AvgIpc) is 2.54. The Balaban J connectivity index is 2.70. The summed E-state index contributed by atoms with van der Waals surface area (Å²) in [5.74, 6) is 1.26. The van der Waals surface area contributed by atoms with E-state index in [4.69, 9.17) is 5.73 Å². The van der Waals surface area contributed by atoms with Crippen molar-refractivity contribution in [2.45, 2.75) is 46.2 Å². The van der Waals surface area contributed by atoms with Crippen LogP contribution in [0.4, 0.5) is 0 Å². The second kappa shape index (κ2) is 5.27. The molecular formula is C11H21N5O. The number of aromatic nitrogens is 3. The normalized spacial score (nSPS) is 14.6. The van der Waals surface area contributed by atoms with Crippen molar-refractivity contribution < 1.29 is 4.79 Å². The van der Waals surface area contributed by atoms with Crippen LogP contribution in [0.5, 0.6) is 0 Å². The smallest absolute Gasteiger partial charge is 0.237 e. The molecule has 17 heavy (non-hydrogen) atoms.